The highest BCUT2D eigenvalue weighted by Crippen LogP contribution is 2.47. The average molecular weight is 445 g/mol. The SMILES string of the molecule is COc1ccccc1OP(OCc1ccc([N+](=O)[O-])cc1O)Oc1ccccc1OC. The highest BCUT2D eigenvalue weighted by Gasteiger charge is 2.22. The van der Waals surface area contributed by atoms with E-state index in [0.717, 1.165) is 6.07 Å². The van der Waals surface area contributed by atoms with Gasteiger partial charge in [0, 0.05) is 11.6 Å². The second kappa shape index (κ2) is 10.5. The van der Waals surface area contributed by atoms with Crippen LogP contribution in [0.5, 0.6) is 28.7 Å². The zero-order valence-electron chi connectivity index (χ0n) is 16.8. The Kier molecular flexibility index (Phi) is 7.48. The first-order valence-electron chi connectivity index (χ1n) is 9.03. The molecule has 3 rings (SSSR count). The van der Waals surface area contributed by atoms with E-state index in [1.54, 1.807) is 48.5 Å². The number of rotatable bonds is 10. The zero-order valence-corrected chi connectivity index (χ0v) is 17.7. The van der Waals surface area contributed by atoms with Crippen LogP contribution >= 0.6 is 8.60 Å². The van der Waals surface area contributed by atoms with Gasteiger partial charge in [0.2, 0.25) is 0 Å². The molecule has 0 amide bonds. The predicted molar refractivity (Wildman–Crippen MR) is 114 cm³/mol. The molecule has 0 saturated carbocycles. The fraction of sp³-hybridized carbons (Fsp3) is 0.143. The van der Waals surface area contributed by atoms with E-state index >= 15 is 0 Å². The molecule has 10 heteroatoms. The van der Waals surface area contributed by atoms with E-state index in [2.05, 4.69) is 0 Å². The lowest BCUT2D eigenvalue weighted by molar-refractivity contribution is -0.384. The van der Waals surface area contributed by atoms with Crippen molar-refractivity contribution >= 4 is 14.3 Å². The average Bonchev–Trinajstić information content (AvgIpc) is 2.78. The third-order valence-corrected chi connectivity index (χ3v) is 5.12. The quantitative estimate of drug-likeness (QED) is 0.257. The van der Waals surface area contributed by atoms with Gasteiger partial charge < -0.3 is 23.6 Å². The summed E-state index contributed by atoms with van der Waals surface area (Å²) in [6.07, 6.45) is 0. The zero-order chi connectivity index (χ0) is 22.2. The van der Waals surface area contributed by atoms with Gasteiger partial charge in [0.1, 0.15) is 5.75 Å². The Morgan fingerprint density at radius 1 is 0.871 bits per heavy atom. The number of hydrogen-bond acceptors (Lipinski definition) is 8. The fourth-order valence-electron chi connectivity index (χ4n) is 2.53. The monoisotopic (exact) mass is 445 g/mol. The van der Waals surface area contributed by atoms with E-state index in [4.69, 9.17) is 23.0 Å². The molecular formula is C21H20NO8P. The second-order valence-electron chi connectivity index (χ2n) is 6.05. The smallest absolute Gasteiger partial charge is 0.463 e. The van der Waals surface area contributed by atoms with Crippen LogP contribution in [-0.2, 0) is 11.1 Å². The summed E-state index contributed by atoms with van der Waals surface area (Å²) in [5, 5.41) is 21.0. The summed E-state index contributed by atoms with van der Waals surface area (Å²) in [6.45, 7) is -0.111. The van der Waals surface area contributed by atoms with Crippen LogP contribution in [0.15, 0.2) is 66.7 Å². The number of nitrogens with zero attached hydrogens (tertiary/aromatic N) is 1. The van der Waals surface area contributed by atoms with Crippen molar-refractivity contribution in [2.75, 3.05) is 14.2 Å². The maximum Gasteiger partial charge on any atom is 0.463 e. The maximum absolute atomic E-state index is 10.9. The van der Waals surface area contributed by atoms with E-state index in [1.165, 1.54) is 26.4 Å². The molecule has 9 nitrogen and oxygen atoms in total. The minimum Gasteiger partial charge on any atom is -0.507 e. The summed E-state index contributed by atoms with van der Waals surface area (Å²) >= 11 is 0. The number of non-ortho nitro benzene ring substituents is 1. The summed E-state index contributed by atoms with van der Waals surface area (Å²) in [6, 6.07) is 17.8. The molecule has 0 heterocycles. The fourth-order valence-corrected chi connectivity index (χ4v) is 3.54. The van der Waals surface area contributed by atoms with Crippen molar-refractivity contribution in [3.63, 3.8) is 0 Å². The number of benzene rings is 3. The Balaban J connectivity index is 1.82. The molecule has 3 aromatic rings. The van der Waals surface area contributed by atoms with Crippen molar-refractivity contribution in [2.45, 2.75) is 6.61 Å². The maximum atomic E-state index is 10.9. The first kappa shape index (κ1) is 22.1. The van der Waals surface area contributed by atoms with Gasteiger partial charge in [-0.3, -0.25) is 14.6 Å². The van der Waals surface area contributed by atoms with Gasteiger partial charge in [-0.2, -0.15) is 0 Å². The molecule has 0 aliphatic rings. The van der Waals surface area contributed by atoms with Crippen LogP contribution in [0.3, 0.4) is 0 Å². The van der Waals surface area contributed by atoms with E-state index < -0.39 is 13.5 Å². The molecule has 0 aliphatic carbocycles. The van der Waals surface area contributed by atoms with Gasteiger partial charge in [-0.1, -0.05) is 24.3 Å². The molecule has 0 saturated heterocycles. The summed E-state index contributed by atoms with van der Waals surface area (Å²) < 4.78 is 28.2. The standard InChI is InChI=1S/C21H20NO8P/c1-26-18-7-3-5-9-20(18)29-31(30-21-10-6-4-8-19(21)27-2)28-14-15-11-12-16(22(24)25)13-17(15)23/h3-13,23H,14H2,1-2H3. The van der Waals surface area contributed by atoms with Crippen LogP contribution in [-0.4, -0.2) is 24.2 Å². The van der Waals surface area contributed by atoms with Gasteiger partial charge in [-0.25, -0.2) is 0 Å². The Morgan fingerprint density at radius 3 is 1.84 bits per heavy atom. The molecule has 0 radical (unpaired) electrons. The molecule has 3 aromatic carbocycles. The third-order valence-electron chi connectivity index (χ3n) is 4.09. The molecule has 1 N–H and O–H groups in total. The summed E-state index contributed by atoms with van der Waals surface area (Å²) in [5.74, 6) is 1.51. The van der Waals surface area contributed by atoms with Gasteiger partial charge in [0.25, 0.3) is 5.69 Å². The van der Waals surface area contributed by atoms with Crippen molar-refractivity contribution in [3.05, 3.63) is 82.4 Å². The number of nitro groups is 1. The van der Waals surface area contributed by atoms with Crippen molar-refractivity contribution in [1.29, 1.82) is 0 Å². The number of aromatic hydroxyl groups is 1. The molecule has 0 fully saturated rings. The van der Waals surface area contributed by atoms with Crippen molar-refractivity contribution in [1.82, 2.24) is 0 Å². The van der Waals surface area contributed by atoms with Crippen LogP contribution in [0.4, 0.5) is 5.69 Å². The highest BCUT2D eigenvalue weighted by atomic mass is 31.2. The molecule has 31 heavy (non-hydrogen) atoms. The van der Waals surface area contributed by atoms with Crippen molar-refractivity contribution in [2.24, 2.45) is 0 Å². The largest absolute Gasteiger partial charge is 0.507 e. The summed E-state index contributed by atoms with van der Waals surface area (Å²) in [4.78, 5) is 10.3. The number of phenols is 1. The van der Waals surface area contributed by atoms with Gasteiger partial charge in [-0.05, 0) is 30.3 Å². The molecule has 0 spiro atoms. The minimum atomic E-state index is -2.02. The Morgan fingerprint density at radius 2 is 1.39 bits per heavy atom. The van der Waals surface area contributed by atoms with Crippen LogP contribution < -0.4 is 18.5 Å². The number of para-hydroxylation sites is 4. The Hall–Kier alpha value is -3.55. The molecule has 0 unspecified atom stereocenters. The molecular weight excluding hydrogens is 425 g/mol. The van der Waals surface area contributed by atoms with E-state index in [1.807, 2.05) is 0 Å². The van der Waals surface area contributed by atoms with Crippen LogP contribution in [0.2, 0.25) is 0 Å². The molecule has 162 valence electrons. The Bertz CT molecular complexity index is 996. The lowest BCUT2D eigenvalue weighted by Gasteiger charge is -2.20. The number of phenolic OH excluding ortho intramolecular Hbond substituents is 1. The lowest BCUT2D eigenvalue weighted by atomic mass is 10.2. The Labute approximate surface area is 179 Å². The van der Waals surface area contributed by atoms with Crippen LogP contribution in [0.25, 0.3) is 0 Å². The normalized spacial score (nSPS) is 10.5. The van der Waals surface area contributed by atoms with Crippen LogP contribution in [0, 0.1) is 10.1 Å². The summed E-state index contributed by atoms with van der Waals surface area (Å²) in [5.41, 5.74) is 0.115. The first-order valence-corrected chi connectivity index (χ1v) is 10.1. The van der Waals surface area contributed by atoms with Crippen molar-refractivity contribution in [3.8, 4) is 28.7 Å². The van der Waals surface area contributed by atoms with Gasteiger partial charge >= 0.3 is 8.60 Å². The number of methoxy groups -OCH3 is 2. The number of ether oxygens (including phenoxy) is 2. The van der Waals surface area contributed by atoms with Gasteiger partial charge in [0.15, 0.2) is 23.0 Å². The van der Waals surface area contributed by atoms with Gasteiger partial charge in [-0.15, -0.1) is 0 Å². The second-order valence-corrected chi connectivity index (χ2v) is 7.12. The summed E-state index contributed by atoms with van der Waals surface area (Å²) in [7, 11) is 1.01. The van der Waals surface area contributed by atoms with E-state index in [-0.39, 0.29) is 18.0 Å². The molecule has 0 atom stereocenters. The number of hydrogen-bond donors (Lipinski definition) is 1. The molecule has 0 aliphatic heterocycles. The lowest BCUT2D eigenvalue weighted by Crippen LogP contribution is -2.03. The highest BCUT2D eigenvalue weighted by molar-refractivity contribution is 7.42. The minimum absolute atomic E-state index is 0.111. The first-order chi connectivity index (χ1) is 15.0. The van der Waals surface area contributed by atoms with E-state index in [9.17, 15) is 15.2 Å². The predicted octanol–water partition coefficient (Wildman–Crippen LogP) is 5.22. The topological polar surface area (TPSA) is 110 Å². The third kappa shape index (κ3) is 5.75. The van der Waals surface area contributed by atoms with Gasteiger partial charge in [0.05, 0.1) is 31.8 Å². The van der Waals surface area contributed by atoms with Crippen LogP contribution in [0.1, 0.15) is 5.56 Å². The van der Waals surface area contributed by atoms with E-state index in [0.29, 0.717) is 28.6 Å². The molecule has 0 bridgehead atoms. The number of nitro benzene ring substituents is 1. The van der Waals surface area contributed by atoms with Crippen molar-refractivity contribution < 1.29 is 33.1 Å². The molecule has 0 aromatic heterocycles.